The van der Waals surface area contributed by atoms with E-state index in [1.165, 1.54) is 0 Å². The Morgan fingerprint density at radius 3 is 1.22 bits per heavy atom. The molecule has 9 nitrogen and oxygen atoms in total. The third-order valence-electron chi connectivity index (χ3n) is 14.4. The smallest absolute Gasteiger partial charge is 0.193 e. The van der Waals surface area contributed by atoms with Gasteiger partial charge in [-0.1, -0.05) is 166 Å². The molecule has 0 bridgehead atoms. The predicted molar refractivity (Wildman–Crippen MR) is 265 cm³/mol. The summed E-state index contributed by atoms with van der Waals surface area (Å²) in [5.74, 6) is -5.77. The first-order chi connectivity index (χ1) is 31.7. The van der Waals surface area contributed by atoms with E-state index in [2.05, 4.69) is 0 Å². The Labute approximate surface area is 402 Å². The van der Waals surface area contributed by atoms with Crippen LogP contribution in [-0.4, -0.2) is 52.0 Å². The van der Waals surface area contributed by atoms with Gasteiger partial charge in [0, 0.05) is 108 Å². The molecule has 0 N–H and O–H groups in total. The van der Waals surface area contributed by atoms with Gasteiger partial charge in [0.05, 0.1) is 0 Å². The number of rotatable bonds is 6. The van der Waals surface area contributed by atoms with Crippen molar-refractivity contribution in [3.05, 3.63) is 119 Å². The number of hydrogen-bond acceptors (Lipinski definition) is 9. The average Bonchev–Trinajstić information content (AvgIpc) is 3.27. The summed E-state index contributed by atoms with van der Waals surface area (Å²) in [6, 6.07) is 29.5. The van der Waals surface area contributed by atoms with Crippen molar-refractivity contribution in [2.75, 3.05) is 0 Å². The largest absolute Gasteiger partial charge is 0.299 e. The van der Waals surface area contributed by atoms with Crippen LogP contribution in [-0.2, 0) is 51.2 Å². The van der Waals surface area contributed by atoms with Crippen LogP contribution in [0.4, 0.5) is 0 Å². The molecule has 4 unspecified atom stereocenters. The summed E-state index contributed by atoms with van der Waals surface area (Å²) < 4.78 is 0. The minimum absolute atomic E-state index is 0.137. The van der Waals surface area contributed by atoms with E-state index in [0.29, 0.717) is 16.7 Å². The topological polar surface area (TPSA) is 154 Å². The molecule has 1 fully saturated rings. The Kier molecular flexibility index (Phi) is 16.9. The molecule has 0 heterocycles. The van der Waals surface area contributed by atoms with Crippen LogP contribution in [0.1, 0.15) is 148 Å². The quantitative estimate of drug-likeness (QED) is 0.172. The molecule has 360 valence electrons. The summed E-state index contributed by atoms with van der Waals surface area (Å²) in [6.45, 7) is 16.6. The van der Waals surface area contributed by atoms with Gasteiger partial charge < -0.3 is 0 Å². The number of carbonyl (C=O) groups excluding carboxylic acids is 9. The number of ketones is 9. The number of carbonyl (C=O) groups is 9. The Bertz CT molecular complexity index is 2570. The highest BCUT2D eigenvalue weighted by Crippen LogP contribution is 2.37. The van der Waals surface area contributed by atoms with Crippen molar-refractivity contribution in [2.24, 2.45) is 45.3 Å². The summed E-state index contributed by atoms with van der Waals surface area (Å²) in [4.78, 5) is 126. The maximum Gasteiger partial charge on any atom is 0.193 e. The van der Waals surface area contributed by atoms with E-state index < -0.39 is 45.3 Å². The lowest BCUT2D eigenvalue weighted by Gasteiger charge is -2.30. The van der Waals surface area contributed by atoms with Crippen LogP contribution in [0.15, 0.2) is 97.1 Å². The second kappa shape index (κ2) is 21.6. The first-order valence-electron chi connectivity index (χ1n) is 24.1. The van der Waals surface area contributed by atoms with Gasteiger partial charge in [0.1, 0.15) is 46.3 Å². The van der Waals surface area contributed by atoms with Crippen LogP contribution in [0.3, 0.4) is 0 Å². The standard InChI is InChI=1S/C59H70O9/c1-37-26-51(64)58(7,8)35-49(62)45(28-39-20-24-43(25-21-39)55(68)42-17-12-11-13-18-42)31-53(66)56(3,4)33-47(60)38(2)27-52(65)59(9,10)36-50(63)46(32-54(67)57(5,6)34-48(37)61)30-40-22-23-41-16-14-15-19-44(41)29-40/h11-25,29,37-38,45-46H,26-28,30-36H2,1-10H3. The van der Waals surface area contributed by atoms with E-state index in [0.717, 1.165) is 16.3 Å². The van der Waals surface area contributed by atoms with Gasteiger partial charge in [0.25, 0.3) is 0 Å². The monoisotopic (exact) mass is 923 g/mol. The van der Waals surface area contributed by atoms with Crippen LogP contribution in [0.25, 0.3) is 10.8 Å². The Morgan fingerprint density at radius 1 is 0.412 bits per heavy atom. The molecular formula is C59H70O9. The fraction of sp³-hybridized carbons (Fsp3) is 0.475. The molecule has 4 aromatic rings. The highest BCUT2D eigenvalue weighted by molar-refractivity contribution is 6.09. The molecule has 0 aromatic heterocycles. The summed E-state index contributed by atoms with van der Waals surface area (Å²) in [5.41, 5.74) is -2.24. The van der Waals surface area contributed by atoms with Gasteiger partial charge in [-0.05, 0) is 34.7 Å². The maximum atomic E-state index is 14.4. The third-order valence-corrected chi connectivity index (χ3v) is 14.4. The van der Waals surface area contributed by atoms with E-state index in [9.17, 15) is 43.2 Å². The normalized spacial score (nSPS) is 23.9. The molecule has 5 rings (SSSR count). The molecule has 0 aliphatic heterocycles. The summed E-state index contributed by atoms with van der Waals surface area (Å²) in [5, 5.41) is 2.01. The third kappa shape index (κ3) is 13.7. The molecule has 4 aromatic carbocycles. The zero-order valence-corrected chi connectivity index (χ0v) is 41.8. The molecule has 0 amide bonds. The number of Topliss-reactive ketones (excluding diaryl/α,β-unsaturated/α-hetero) is 8. The maximum absolute atomic E-state index is 14.4. The van der Waals surface area contributed by atoms with Crippen LogP contribution in [0.2, 0.25) is 0 Å². The van der Waals surface area contributed by atoms with Crippen LogP contribution < -0.4 is 0 Å². The van der Waals surface area contributed by atoms with Gasteiger partial charge in [-0.3, -0.25) is 43.2 Å². The Balaban J connectivity index is 1.44. The van der Waals surface area contributed by atoms with Crippen molar-refractivity contribution in [2.45, 2.75) is 133 Å². The number of fused-ring (bicyclic) bond motifs is 1. The van der Waals surface area contributed by atoms with E-state index in [4.69, 9.17) is 0 Å². The zero-order valence-electron chi connectivity index (χ0n) is 41.8. The lowest BCUT2D eigenvalue weighted by atomic mass is 9.71. The first kappa shape index (κ1) is 53.1. The molecule has 1 saturated carbocycles. The minimum Gasteiger partial charge on any atom is -0.299 e. The lowest BCUT2D eigenvalue weighted by molar-refractivity contribution is -0.140. The molecule has 4 atom stereocenters. The van der Waals surface area contributed by atoms with E-state index in [-0.39, 0.29) is 116 Å². The van der Waals surface area contributed by atoms with Crippen molar-refractivity contribution in [1.29, 1.82) is 0 Å². The minimum atomic E-state index is -1.21. The average molecular weight is 923 g/mol. The van der Waals surface area contributed by atoms with Crippen molar-refractivity contribution >= 4 is 62.8 Å². The van der Waals surface area contributed by atoms with Crippen molar-refractivity contribution in [1.82, 2.24) is 0 Å². The second-order valence-electron chi connectivity index (χ2n) is 22.3. The molecular weight excluding hydrogens is 853 g/mol. The fourth-order valence-corrected chi connectivity index (χ4v) is 9.19. The summed E-state index contributed by atoms with van der Waals surface area (Å²) in [6.07, 6.45) is -1.04. The van der Waals surface area contributed by atoms with Crippen molar-refractivity contribution < 1.29 is 43.2 Å². The molecule has 1 aliphatic rings. The van der Waals surface area contributed by atoms with Gasteiger partial charge in [0.2, 0.25) is 0 Å². The fourth-order valence-electron chi connectivity index (χ4n) is 9.19. The van der Waals surface area contributed by atoms with Gasteiger partial charge in [-0.15, -0.1) is 0 Å². The second-order valence-corrected chi connectivity index (χ2v) is 22.3. The van der Waals surface area contributed by atoms with E-state index in [1.807, 2.05) is 48.5 Å². The molecule has 0 spiro atoms. The summed E-state index contributed by atoms with van der Waals surface area (Å²) in [7, 11) is 0. The van der Waals surface area contributed by atoms with Gasteiger partial charge in [-0.2, -0.15) is 0 Å². The Morgan fingerprint density at radius 2 is 0.765 bits per heavy atom. The van der Waals surface area contributed by atoms with Crippen molar-refractivity contribution in [3.8, 4) is 0 Å². The van der Waals surface area contributed by atoms with Crippen LogP contribution in [0.5, 0.6) is 0 Å². The van der Waals surface area contributed by atoms with Gasteiger partial charge >= 0.3 is 0 Å². The van der Waals surface area contributed by atoms with E-state index in [1.54, 1.807) is 118 Å². The summed E-state index contributed by atoms with van der Waals surface area (Å²) >= 11 is 0. The first-order valence-corrected chi connectivity index (χ1v) is 24.1. The predicted octanol–water partition coefficient (Wildman–Crippen LogP) is 11.2. The Hall–Kier alpha value is -5.83. The highest BCUT2D eigenvalue weighted by atomic mass is 16.2. The molecule has 68 heavy (non-hydrogen) atoms. The van der Waals surface area contributed by atoms with E-state index >= 15 is 0 Å². The van der Waals surface area contributed by atoms with Gasteiger partial charge in [-0.25, -0.2) is 0 Å². The molecule has 0 radical (unpaired) electrons. The molecule has 9 heteroatoms. The molecule has 1 aliphatic carbocycles. The highest BCUT2D eigenvalue weighted by Gasteiger charge is 2.42. The SMILES string of the molecule is CC1CC(=O)C(C)(C)CC(=O)C(Cc2ccc(C(=O)c3ccccc3)cc2)CC(=O)C(C)(C)CC(=O)C(C)CC(=O)C(C)(C)CC(=O)C(Cc2ccc3ccccc3c2)CC(=O)C(C)(C)CC1=O. The molecule has 0 saturated heterocycles. The van der Waals surface area contributed by atoms with Crippen LogP contribution in [0, 0.1) is 45.3 Å². The van der Waals surface area contributed by atoms with Crippen LogP contribution >= 0.6 is 0 Å². The van der Waals surface area contributed by atoms with Crippen molar-refractivity contribution in [3.63, 3.8) is 0 Å². The zero-order chi connectivity index (χ0) is 50.4. The number of benzene rings is 4. The van der Waals surface area contributed by atoms with Gasteiger partial charge in [0.15, 0.2) is 5.78 Å². The lowest BCUT2D eigenvalue weighted by Crippen LogP contribution is -2.38. The number of hydrogen-bond donors (Lipinski definition) is 0.